The molecular weight excluding hydrogens is 230 g/mol. The number of carbonyl (C=O) groups excluding carboxylic acids is 2. The Balaban J connectivity index is 2.96. The molecule has 4 heteroatoms. The third-order valence-corrected chi connectivity index (χ3v) is 2.70. The molecule has 4 nitrogen and oxygen atoms in total. The first-order valence-electron chi connectivity index (χ1n) is 6.15. The van der Waals surface area contributed by atoms with Crippen LogP contribution in [0.4, 0.5) is 4.79 Å². The minimum absolute atomic E-state index is 0.232. The number of ether oxygens (including phenoxy) is 1. The number of nitrogens with zero attached hydrogens (tertiary/aromatic N) is 1. The van der Waals surface area contributed by atoms with E-state index in [-0.39, 0.29) is 25.0 Å². The van der Waals surface area contributed by atoms with E-state index in [1.807, 2.05) is 37.3 Å². The lowest BCUT2D eigenvalue weighted by molar-refractivity contribution is -0.131. The van der Waals surface area contributed by atoms with Crippen LogP contribution in [0.15, 0.2) is 30.3 Å². The third kappa shape index (κ3) is 3.32. The van der Waals surface area contributed by atoms with Gasteiger partial charge in [-0.15, -0.1) is 0 Å². The summed E-state index contributed by atoms with van der Waals surface area (Å²) in [5.41, 5.74) is 0.910. The van der Waals surface area contributed by atoms with Gasteiger partial charge in [-0.25, -0.2) is 9.69 Å². The molecule has 98 valence electrons. The molecule has 18 heavy (non-hydrogen) atoms. The molecule has 0 N–H and O–H groups in total. The van der Waals surface area contributed by atoms with E-state index in [2.05, 4.69) is 0 Å². The average Bonchev–Trinajstić information content (AvgIpc) is 2.40. The van der Waals surface area contributed by atoms with E-state index >= 15 is 0 Å². The lowest BCUT2D eigenvalue weighted by Gasteiger charge is -2.26. The van der Waals surface area contributed by atoms with Gasteiger partial charge in [0, 0.05) is 6.42 Å². The standard InChI is InChI=1S/C14H19NO3/c1-4-13(16)15(14(17)18-5-2)11(3)12-9-7-6-8-10-12/h6-11H,4-5H2,1-3H3/t11-/m1/s1. The van der Waals surface area contributed by atoms with E-state index < -0.39 is 6.09 Å². The average molecular weight is 249 g/mol. The molecule has 2 amide bonds. The van der Waals surface area contributed by atoms with E-state index in [0.717, 1.165) is 5.56 Å². The zero-order valence-corrected chi connectivity index (χ0v) is 11.1. The number of hydrogen-bond acceptors (Lipinski definition) is 3. The van der Waals surface area contributed by atoms with Crippen LogP contribution in [0, 0.1) is 0 Å². The smallest absolute Gasteiger partial charge is 0.417 e. The van der Waals surface area contributed by atoms with E-state index in [4.69, 9.17) is 4.74 Å². The topological polar surface area (TPSA) is 46.6 Å². The van der Waals surface area contributed by atoms with Crippen LogP contribution in [0.5, 0.6) is 0 Å². The van der Waals surface area contributed by atoms with E-state index in [1.54, 1.807) is 13.8 Å². The molecule has 1 aromatic carbocycles. The monoisotopic (exact) mass is 249 g/mol. The molecule has 0 saturated heterocycles. The third-order valence-electron chi connectivity index (χ3n) is 2.70. The molecule has 0 aliphatic heterocycles. The van der Waals surface area contributed by atoms with Gasteiger partial charge in [-0.05, 0) is 19.4 Å². The van der Waals surface area contributed by atoms with Gasteiger partial charge in [0.2, 0.25) is 5.91 Å². The molecule has 1 aromatic rings. The second kappa shape index (κ2) is 6.79. The van der Waals surface area contributed by atoms with E-state index in [9.17, 15) is 9.59 Å². The number of imide groups is 1. The predicted octanol–water partition coefficient (Wildman–Crippen LogP) is 3.14. The summed E-state index contributed by atoms with van der Waals surface area (Å²) in [5, 5.41) is 0. The van der Waals surface area contributed by atoms with Gasteiger partial charge in [0.05, 0.1) is 12.6 Å². The van der Waals surface area contributed by atoms with Gasteiger partial charge in [-0.1, -0.05) is 37.3 Å². The van der Waals surface area contributed by atoms with Crippen molar-refractivity contribution in [3.63, 3.8) is 0 Å². The Morgan fingerprint density at radius 1 is 1.22 bits per heavy atom. The maximum Gasteiger partial charge on any atom is 0.417 e. The van der Waals surface area contributed by atoms with Gasteiger partial charge in [-0.2, -0.15) is 0 Å². The highest BCUT2D eigenvalue weighted by atomic mass is 16.6. The Morgan fingerprint density at radius 3 is 2.33 bits per heavy atom. The molecule has 0 spiro atoms. The number of benzene rings is 1. The molecule has 0 unspecified atom stereocenters. The van der Waals surface area contributed by atoms with Gasteiger partial charge < -0.3 is 4.74 Å². The lowest BCUT2D eigenvalue weighted by atomic mass is 10.1. The van der Waals surface area contributed by atoms with Crippen molar-refractivity contribution in [1.29, 1.82) is 0 Å². The molecule has 0 heterocycles. The molecule has 0 radical (unpaired) electrons. The van der Waals surface area contributed by atoms with Gasteiger partial charge >= 0.3 is 6.09 Å². The first-order valence-corrected chi connectivity index (χ1v) is 6.15. The second-order valence-electron chi connectivity index (χ2n) is 3.90. The molecule has 1 atom stereocenters. The zero-order chi connectivity index (χ0) is 13.5. The molecule has 1 rings (SSSR count). The maximum atomic E-state index is 11.9. The highest BCUT2D eigenvalue weighted by molar-refractivity contribution is 5.92. The Morgan fingerprint density at radius 2 is 1.83 bits per heavy atom. The van der Waals surface area contributed by atoms with E-state index in [0.29, 0.717) is 0 Å². The van der Waals surface area contributed by atoms with Crippen LogP contribution in [-0.4, -0.2) is 23.5 Å². The minimum Gasteiger partial charge on any atom is -0.449 e. The lowest BCUT2D eigenvalue weighted by Crippen LogP contribution is -2.39. The van der Waals surface area contributed by atoms with Gasteiger partial charge in [0.1, 0.15) is 0 Å². The SMILES string of the molecule is CCOC(=O)N(C(=O)CC)[C@H](C)c1ccccc1. The first-order chi connectivity index (χ1) is 8.61. The van der Waals surface area contributed by atoms with Crippen LogP contribution in [0.1, 0.15) is 38.8 Å². The summed E-state index contributed by atoms with van der Waals surface area (Å²) >= 11 is 0. The van der Waals surface area contributed by atoms with Crippen LogP contribution in [0.25, 0.3) is 0 Å². The zero-order valence-electron chi connectivity index (χ0n) is 11.1. The van der Waals surface area contributed by atoms with Crippen molar-refractivity contribution >= 4 is 12.0 Å². The largest absolute Gasteiger partial charge is 0.449 e. The van der Waals surface area contributed by atoms with Crippen molar-refractivity contribution in [2.45, 2.75) is 33.2 Å². The fourth-order valence-electron chi connectivity index (χ4n) is 1.72. The van der Waals surface area contributed by atoms with Gasteiger partial charge in [0.25, 0.3) is 0 Å². The normalized spacial score (nSPS) is 11.7. The molecular formula is C14H19NO3. The van der Waals surface area contributed by atoms with Crippen molar-refractivity contribution in [2.75, 3.05) is 6.61 Å². The molecule has 0 fully saturated rings. The summed E-state index contributed by atoms with van der Waals surface area (Å²) in [5.74, 6) is -0.232. The molecule has 0 bridgehead atoms. The van der Waals surface area contributed by atoms with Crippen molar-refractivity contribution in [1.82, 2.24) is 4.90 Å². The Labute approximate surface area is 108 Å². The quantitative estimate of drug-likeness (QED) is 0.823. The van der Waals surface area contributed by atoms with Crippen molar-refractivity contribution in [3.05, 3.63) is 35.9 Å². The Bertz CT molecular complexity index is 403. The summed E-state index contributed by atoms with van der Waals surface area (Å²) in [6.45, 7) is 5.53. The second-order valence-corrected chi connectivity index (χ2v) is 3.90. The Kier molecular flexibility index (Phi) is 5.36. The first kappa shape index (κ1) is 14.2. The van der Waals surface area contributed by atoms with Crippen LogP contribution in [0.2, 0.25) is 0 Å². The predicted molar refractivity (Wildman–Crippen MR) is 69.0 cm³/mol. The van der Waals surface area contributed by atoms with Crippen LogP contribution >= 0.6 is 0 Å². The van der Waals surface area contributed by atoms with Crippen molar-refractivity contribution < 1.29 is 14.3 Å². The molecule has 0 saturated carbocycles. The number of rotatable bonds is 4. The van der Waals surface area contributed by atoms with Crippen molar-refractivity contribution in [3.8, 4) is 0 Å². The van der Waals surface area contributed by atoms with Crippen LogP contribution in [0.3, 0.4) is 0 Å². The van der Waals surface area contributed by atoms with Gasteiger partial charge in [-0.3, -0.25) is 4.79 Å². The minimum atomic E-state index is -0.583. The van der Waals surface area contributed by atoms with Gasteiger partial charge in [0.15, 0.2) is 0 Å². The number of hydrogen-bond donors (Lipinski definition) is 0. The Hall–Kier alpha value is -1.84. The highest BCUT2D eigenvalue weighted by Gasteiger charge is 2.27. The number of carbonyl (C=O) groups is 2. The molecule has 0 aliphatic carbocycles. The van der Waals surface area contributed by atoms with Crippen molar-refractivity contribution in [2.24, 2.45) is 0 Å². The van der Waals surface area contributed by atoms with Crippen LogP contribution < -0.4 is 0 Å². The summed E-state index contributed by atoms with van der Waals surface area (Å²) in [7, 11) is 0. The summed E-state index contributed by atoms with van der Waals surface area (Å²) < 4.78 is 4.94. The summed E-state index contributed by atoms with van der Waals surface area (Å²) in [6.07, 6.45) is -0.309. The fourth-order valence-corrected chi connectivity index (χ4v) is 1.72. The molecule has 0 aliphatic rings. The van der Waals surface area contributed by atoms with Crippen LogP contribution in [-0.2, 0) is 9.53 Å². The highest BCUT2D eigenvalue weighted by Crippen LogP contribution is 2.21. The maximum absolute atomic E-state index is 11.9. The fraction of sp³-hybridized carbons (Fsp3) is 0.429. The summed E-state index contributed by atoms with van der Waals surface area (Å²) in [4.78, 5) is 24.9. The number of amides is 2. The summed E-state index contributed by atoms with van der Waals surface area (Å²) in [6, 6.07) is 9.11. The van der Waals surface area contributed by atoms with E-state index in [1.165, 1.54) is 4.90 Å². The molecule has 0 aromatic heterocycles.